The second-order valence-corrected chi connectivity index (χ2v) is 4.62. The van der Waals surface area contributed by atoms with E-state index < -0.39 is 5.97 Å². The summed E-state index contributed by atoms with van der Waals surface area (Å²) in [6, 6.07) is 5.59. The molecule has 4 nitrogen and oxygen atoms in total. The molecule has 0 aliphatic heterocycles. The zero-order valence-electron chi connectivity index (χ0n) is 9.74. The molecule has 0 heterocycles. The van der Waals surface area contributed by atoms with E-state index in [4.69, 9.17) is 5.11 Å². The number of aliphatic carboxylic acids is 1. The van der Waals surface area contributed by atoms with Gasteiger partial charge < -0.3 is 10.0 Å². The highest BCUT2D eigenvalue weighted by atomic mass is 79.9. The summed E-state index contributed by atoms with van der Waals surface area (Å²) < 4.78 is 0.790. The van der Waals surface area contributed by atoms with Gasteiger partial charge in [0.05, 0.1) is 12.1 Å². The van der Waals surface area contributed by atoms with Gasteiger partial charge in [-0.15, -0.1) is 0 Å². The molecule has 1 N–H and O–H groups in total. The smallest absolute Gasteiger partial charge is 0.305 e. The molecule has 0 saturated carbocycles. The lowest BCUT2D eigenvalue weighted by atomic mass is 10.2. The summed E-state index contributed by atoms with van der Waals surface area (Å²) in [5.41, 5.74) is 1.77. The van der Waals surface area contributed by atoms with Crippen molar-refractivity contribution in [3.05, 3.63) is 28.2 Å². The van der Waals surface area contributed by atoms with Crippen LogP contribution >= 0.6 is 15.9 Å². The van der Waals surface area contributed by atoms with E-state index in [1.54, 1.807) is 0 Å². The van der Waals surface area contributed by atoms with E-state index in [2.05, 4.69) is 15.9 Å². The highest BCUT2D eigenvalue weighted by Gasteiger charge is 2.15. The third-order valence-corrected chi connectivity index (χ3v) is 2.96. The fourth-order valence-corrected chi connectivity index (χ4v) is 2.19. The molecular weight excluding hydrogens is 286 g/mol. The average molecular weight is 300 g/mol. The molecule has 0 bridgehead atoms. The van der Waals surface area contributed by atoms with E-state index >= 15 is 0 Å². The van der Waals surface area contributed by atoms with Gasteiger partial charge >= 0.3 is 5.97 Å². The molecule has 0 aromatic heterocycles. The average Bonchev–Trinajstić information content (AvgIpc) is 2.20. The number of anilines is 1. The van der Waals surface area contributed by atoms with Crippen LogP contribution in [-0.4, -0.2) is 23.5 Å². The monoisotopic (exact) mass is 299 g/mol. The predicted molar refractivity (Wildman–Crippen MR) is 69.2 cm³/mol. The van der Waals surface area contributed by atoms with E-state index in [1.165, 1.54) is 11.8 Å². The SMILES string of the molecule is CC(=O)N(CCC(=O)O)c1ccc(C)cc1Br. The Balaban J connectivity index is 2.97. The van der Waals surface area contributed by atoms with Gasteiger partial charge in [0, 0.05) is 17.9 Å². The minimum Gasteiger partial charge on any atom is -0.481 e. The summed E-state index contributed by atoms with van der Waals surface area (Å²) in [4.78, 5) is 23.5. The number of nitrogens with zero attached hydrogens (tertiary/aromatic N) is 1. The van der Waals surface area contributed by atoms with E-state index in [-0.39, 0.29) is 18.9 Å². The van der Waals surface area contributed by atoms with Gasteiger partial charge in [-0.3, -0.25) is 9.59 Å². The molecule has 0 aliphatic carbocycles. The number of carboxylic acid groups (broad SMARTS) is 1. The Morgan fingerprint density at radius 1 is 1.41 bits per heavy atom. The van der Waals surface area contributed by atoms with Crippen LogP contribution in [0.4, 0.5) is 5.69 Å². The summed E-state index contributed by atoms with van der Waals surface area (Å²) in [6.45, 7) is 3.55. The van der Waals surface area contributed by atoms with Crippen LogP contribution in [0.25, 0.3) is 0 Å². The Morgan fingerprint density at radius 2 is 2.06 bits per heavy atom. The number of carbonyl (C=O) groups excluding carboxylic acids is 1. The summed E-state index contributed by atoms with van der Waals surface area (Å²) >= 11 is 3.38. The van der Waals surface area contributed by atoms with Gasteiger partial charge in [-0.1, -0.05) is 6.07 Å². The first-order valence-corrected chi connectivity index (χ1v) is 5.97. The lowest BCUT2D eigenvalue weighted by Crippen LogP contribution is -2.31. The highest BCUT2D eigenvalue weighted by molar-refractivity contribution is 9.10. The van der Waals surface area contributed by atoms with Gasteiger partial charge in [0.2, 0.25) is 5.91 Å². The summed E-state index contributed by atoms with van der Waals surface area (Å²) in [7, 11) is 0. The molecule has 1 aromatic carbocycles. The maximum atomic E-state index is 11.5. The Morgan fingerprint density at radius 3 is 2.53 bits per heavy atom. The van der Waals surface area contributed by atoms with Crippen LogP contribution < -0.4 is 4.90 Å². The minimum absolute atomic E-state index is 0.0695. The molecule has 1 rings (SSSR count). The van der Waals surface area contributed by atoms with E-state index in [0.29, 0.717) is 5.69 Å². The first-order chi connectivity index (χ1) is 7.91. The van der Waals surface area contributed by atoms with E-state index in [9.17, 15) is 9.59 Å². The molecule has 0 aliphatic rings. The number of carbonyl (C=O) groups is 2. The zero-order valence-corrected chi connectivity index (χ0v) is 11.3. The van der Waals surface area contributed by atoms with Gasteiger partial charge in [-0.25, -0.2) is 0 Å². The third kappa shape index (κ3) is 3.85. The summed E-state index contributed by atoms with van der Waals surface area (Å²) in [6.07, 6.45) is -0.0695. The lowest BCUT2D eigenvalue weighted by molar-refractivity contribution is -0.136. The van der Waals surface area contributed by atoms with Crippen LogP contribution in [0.5, 0.6) is 0 Å². The molecule has 17 heavy (non-hydrogen) atoms. The number of amides is 1. The molecule has 1 amide bonds. The van der Waals surface area contributed by atoms with Crippen molar-refractivity contribution in [2.24, 2.45) is 0 Å². The second-order valence-electron chi connectivity index (χ2n) is 3.77. The molecule has 0 spiro atoms. The number of rotatable bonds is 4. The Kier molecular flexibility index (Phi) is 4.69. The molecule has 0 radical (unpaired) electrons. The maximum Gasteiger partial charge on any atom is 0.305 e. The Labute approximate surface area is 108 Å². The van der Waals surface area contributed by atoms with Crippen LogP contribution in [-0.2, 0) is 9.59 Å². The fourth-order valence-electron chi connectivity index (χ4n) is 1.49. The molecule has 0 saturated heterocycles. The van der Waals surface area contributed by atoms with Crippen molar-refractivity contribution in [2.75, 3.05) is 11.4 Å². The van der Waals surface area contributed by atoms with Crippen molar-refractivity contribution in [1.29, 1.82) is 0 Å². The largest absolute Gasteiger partial charge is 0.481 e. The molecule has 92 valence electrons. The van der Waals surface area contributed by atoms with Crippen LogP contribution in [0.15, 0.2) is 22.7 Å². The topological polar surface area (TPSA) is 57.6 Å². The van der Waals surface area contributed by atoms with Crippen LogP contribution in [0, 0.1) is 6.92 Å². The van der Waals surface area contributed by atoms with Crippen molar-refractivity contribution in [2.45, 2.75) is 20.3 Å². The van der Waals surface area contributed by atoms with Gasteiger partial charge in [0.15, 0.2) is 0 Å². The number of hydrogen-bond acceptors (Lipinski definition) is 2. The van der Waals surface area contributed by atoms with Gasteiger partial charge in [-0.05, 0) is 40.5 Å². The Hall–Kier alpha value is -1.36. The second kappa shape index (κ2) is 5.82. The van der Waals surface area contributed by atoms with Crippen LogP contribution in [0.3, 0.4) is 0 Å². The first-order valence-electron chi connectivity index (χ1n) is 5.18. The molecular formula is C12H14BrNO3. The van der Waals surface area contributed by atoms with E-state index in [0.717, 1.165) is 10.0 Å². The molecule has 0 atom stereocenters. The quantitative estimate of drug-likeness (QED) is 0.930. The normalized spacial score (nSPS) is 10.1. The lowest BCUT2D eigenvalue weighted by Gasteiger charge is -2.22. The minimum atomic E-state index is -0.917. The number of carboxylic acids is 1. The van der Waals surface area contributed by atoms with E-state index in [1.807, 2.05) is 25.1 Å². The third-order valence-electron chi connectivity index (χ3n) is 2.32. The fraction of sp³-hybridized carbons (Fsp3) is 0.333. The van der Waals surface area contributed by atoms with Crippen molar-refractivity contribution >= 4 is 33.5 Å². The zero-order chi connectivity index (χ0) is 13.0. The van der Waals surface area contributed by atoms with Crippen molar-refractivity contribution in [3.63, 3.8) is 0 Å². The molecule has 5 heteroatoms. The number of aryl methyl sites for hydroxylation is 1. The van der Waals surface area contributed by atoms with Gasteiger partial charge in [0.1, 0.15) is 0 Å². The van der Waals surface area contributed by atoms with Crippen LogP contribution in [0.2, 0.25) is 0 Å². The Bertz CT molecular complexity index is 445. The predicted octanol–water partition coefficient (Wildman–Crippen LogP) is 2.59. The van der Waals surface area contributed by atoms with Crippen molar-refractivity contribution in [1.82, 2.24) is 0 Å². The molecule has 0 unspecified atom stereocenters. The number of hydrogen-bond donors (Lipinski definition) is 1. The summed E-state index contributed by atoms with van der Waals surface area (Å²) in [5.74, 6) is -1.09. The van der Waals surface area contributed by atoms with Gasteiger partial charge in [-0.2, -0.15) is 0 Å². The number of benzene rings is 1. The molecule has 1 aromatic rings. The van der Waals surface area contributed by atoms with Gasteiger partial charge in [0.25, 0.3) is 0 Å². The van der Waals surface area contributed by atoms with Crippen LogP contribution in [0.1, 0.15) is 18.9 Å². The number of halogens is 1. The highest BCUT2D eigenvalue weighted by Crippen LogP contribution is 2.27. The van der Waals surface area contributed by atoms with Crippen molar-refractivity contribution in [3.8, 4) is 0 Å². The van der Waals surface area contributed by atoms with Crippen molar-refractivity contribution < 1.29 is 14.7 Å². The summed E-state index contributed by atoms with van der Waals surface area (Å²) in [5, 5.41) is 8.65. The first kappa shape index (κ1) is 13.7. The molecule has 0 fully saturated rings. The standard InChI is InChI=1S/C12H14BrNO3/c1-8-3-4-11(10(13)7-8)14(9(2)15)6-5-12(16)17/h3-4,7H,5-6H2,1-2H3,(H,16,17). The maximum absolute atomic E-state index is 11.5.